The molecular weight excluding hydrogens is 573 g/mol. The molecule has 1 unspecified atom stereocenters. The van der Waals surface area contributed by atoms with Gasteiger partial charge in [-0.25, -0.2) is 9.98 Å². The molecule has 47 heavy (non-hydrogen) atoms. The Kier molecular flexibility index (Phi) is 5.94. The zero-order valence-electron chi connectivity index (χ0n) is 26.7. The number of aromatic nitrogens is 1. The van der Waals surface area contributed by atoms with Crippen molar-refractivity contribution >= 4 is 33.5 Å². The zero-order valence-corrected chi connectivity index (χ0v) is 26.7. The van der Waals surface area contributed by atoms with Gasteiger partial charge in [-0.05, 0) is 77.2 Å². The van der Waals surface area contributed by atoms with Gasteiger partial charge in [-0.3, -0.25) is 0 Å². The monoisotopic (exact) mass is 606 g/mol. The van der Waals surface area contributed by atoms with Gasteiger partial charge < -0.3 is 9.88 Å². The topological polar surface area (TPSA) is 41.7 Å². The molecule has 1 N–H and O–H groups in total. The molecule has 2 aliphatic rings. The van der Waals surface area contributed by atoms with Crippen molar-refractivity contribution in [2.24, 2.45) is 9.98 Å². The van der Waals surface area contributed by atoms with Crippen molar-refractivity contribution in [2.75, 3.05) is 0 Å². The molecule has 0 bridgehead atoms. The van der Waals surface area contributed by atoms with Gasteiger partial charge in [0.05, 0.1) is 11.0 Å². The van der Waals surface area contributed by atoms with Crippen LogP contribution in [0, 0.1) is 0 Å². The number of para-hydroxylation sites is 1. The molecule has 0 saturated carbocycles. The highest BCUT2D eigenvalue weighted by Crippen LogP contribution is 2.50. The molecule has 0 amide bonds. The Hall–Kier alpha value is -5.74. The van der Waals surface area contributed by atoms with E-state index in [1.54, 1.807) is 0 Å². The van der Waals surface area contributed by atoms with Crippen molar-refractivity contribution in [3.63, 3.8) is 0 Å². The van der Waals surface area contributed by atoms with E-state index >= 15 is 0 Å². The van der Waals surface area contributed by atoms with E-state index in [1.807, 2.05) is 24.3 Å². The second-order valence-electron chi connectivity index (χ2n) is 13.3. The quantitative estimate of drug-likeness (QED) is 0.213. The molecule has 1 aromatic heterocycles. The number of hydrogen-bond donors (Lipinski definition) is 1. The Morgan fingerprint density at radius 2 is 1.23 bits per heavy atom. The average Bonchev–Trinajstić information content (AvgIpc) is 3.56. The van der Waals surface area contributed by atoms with Crippen LogP contribution in [0.1, 0.15) is 48.6 Å². The van der Waals surface area contributed by atoms with Gasteiger partial charge in [0, 0.05) is 33.0 Å². The minimum absolute atomic E-state index is 0.0477. The van der Waals surface area contributed by atoms with Crippen LogP contribution in [0.15, 0.2) is 156 Å². The fourth-order valence-corrected chi connectivity index (χ4v) is 7.59. The standard InChI is InChI=1S/C43H34N4/c1-42(2)36-20-12-10-18-32(36)34-27-39-35(26-37(34)42)33-19-11-13-21-38(33)47(39)31-24-22-29(23-25-31)41-44-40(28-14-6-4-7-15-28)45-43(3,46-41)30-16-8-5-9-17-30/h4-27H,1-3H3,(H,44,45,46). The second kappa shape index (κ2) is 10.1. The van der Waals surface area contributed by atoms with Crippen LogP contribution in [-0.4, -0.2) is 16.2 Å². The van der Waals surface area contributed by atoms with E-state index in [9.17, 15) is 0 Å². The molecule has 6 aromatic carbocycles. The van der Waals surface area contributed by atoms with Gasteiger partial charge in [0.15, 0.2) is 11.5 Å². The molecule has 4 heteroatoms. The number of nitrogens with one attached hydrogen (secondary N) is 1. The third kappa shape index (κ3) is 4.21. The largest absolute Gasteiger partial charge is 0.342 e. The molecular formula is C43H34N4. The van der Waals surface area contributed by atoms with Crippen molar-refractivity contribution in [3.05, 3.63) is 173 Å². The summed E-state index contributed by atoms with van der Waals surface area (Å²) in [4.78, 5) is 10.3. The lowest BCUT2D eigenvalue weighted by Gasteiger charge is -2.33. The lowest BCUT2D eigenvalue weighted by Crippen LogP contribution is -2.46. The molecule has 1 atom stereocenters. The van der Waals surface area contributed by atoms with Crippen molar-refractivity contribution in [1.82, 2.24) is 9.88 Å². The summed E-state index contributed by atoms with van der Waals surface area (Å²) in [5.74, 6) is 1.52. The summed E-state index contributed by atoms with van der Waals surface area (Å²) in [5, 5.41) is 6.17. The number of nitrogens with zero attached hydrogens (tertiary/aromatic N) is 3. The summed E-state index contributed by atoms with van der Waals surface area (Å²) in [6.07, 6.45) is 0. The van der Waals surface area contributed by atoms with Crippen LogP contribution >= 0.6 is 0 Å². The maximum atomic E-state index is 5.21. The fraction of sp³-hybridized carbons (Fsp3) is 0.116. The van der Waals surface area contributed by atoms with Gasteiger partial charge in [0.2, 0.25) is 0 Å². The first kappa shape index (κ1) is 27.6. The molecule has 0 saturated heterocycles. The number of aliphatic imine (C=N–C) groups is 2. The molecule has 9 rings (SSSR count). The number of amidine groups is 2. The Morgan fingerprint density at radius 3 is 2.02 bits per heavy atom. The van der Waals surface area contributed by atoms with Crippen LogP contribution in [-0.2, 0) is 11.1 Å². The van der Waals surface area contributed by atoms with E-state index in [-0.39, 0.29) is 5.41 Å². The van der Waals surface area contributed by atoms with Crippen molar-refractivity contribution in [2.45, 2.75) is 31.8 Å². The molecule has 1 aliphatic carbocycles. The smallest absolute Gasteiger partial charge is 0.159 e. The van der Waals surface area contributed by atoms with Crippen LogP contribution in [0.5, 0.6) is 0 Å². The Labute approximate surface area is 274 Å². The minimum Gasteiger partial charge on any atom is -0.342 e. The SMILES string of the molecule is CC1(c2ccccc2)N=C(c2ccc(-n3c4ccccc4c4cc5c(cc43)-c3ccccc3C5(C)C)cc2)N=C(c2ccccc2)N1. The van der Waals surface area contributed by atoms with Gasteiger partial charge in [-0.15, -0.1) is 0 Å². The van der Waals surface area contributed by atoms with E-state index in [4.69, 9.17) is 9.98 Å². The molecule has 7 aromatic rings. The van der Waals surface area contributed by atoms with Crippen molar-refractivity contribution < 1.29 is 0 Å². The van der Waals surface area contributed by atoms with E-state index in [1.165, 1.54) is 44.1 Å². The lowest BCUT2D eigenvalue weighted by atomic mass is 9.82. The van der Waals surface area contributed by atoms with Gasteiger partial charge in [0.25, 0.3) is 0 Å². The van der Waals surface area contributed by atoms with Gasteiger partial charge in [-0.1, -0.05) is 117 Å². The molecule has 1 aliphatic heterocycles. The fourth-order valence-electron chi connectivity index (χ4n) is 7.59. The van der Waals surface area contributed by atoms with E-state index in [0.29, 0.717) is 5.84 Å². The highest BCUT2D eigenvalue weighted by molar-refractivity contribution is 6.14. The summed E-state index contributed by atoms with van der Waals surface area (Å²) in [6, 6.07) is 51.8. The first-order valence-corrected chi connectivity index (χ1v) is 16.3. The molecule has 0 spiro atoms. The summed E-state index contributed by atoms with van der Waals surface area (Å²) >= 11 is 0. The number of benzene rings is 6. The van der Waals surface area contributed by atoms with Crippen LogP contribution in [0.25, 0.3) is 38.6 Å². The lowest BCUT2D eigenvalue weighted by molar-refractivity contribution is 0.455. The molecule has 4 nitrogen and oxygen atoms in total. The third-order valence-corrected chi connectivity index (χ3v) is 10.1. The van der Waals surface area contributed by atoms with Crippen molar-refractivity contribution in [1.29, 1.82) is 0 Å². The summed E-state index contributed by atoms with van der Waals surface area (Å²) in [7, 11) is 0. The zero-order chi connectivity index (χ0) is 31.8. The van der Waals surface area contributed by atoms with E-state index < -0.39 is 5.66 Å². The van der Waals surface area contributed by atoms with Crippen LogP contribution < -0.4 is 5.32 Å². The number of hydrogen-bond acceptors (Lipinski definition) is 3. The van der Waals surface area contributed by atoms with E-state index in [0.717, 1.165) is 28.2 Å². The Bertz CT molecular complexity index is 2400. The van der Waals surface area contributed by atoms with Gasteiger partial charge in [0.1, 0.15) is 5.84 Å². The Balaban J connectivity index is 1.19. The number of rotatable bonds is 4. The predicted octanol–water partition coefficient (Wildman–Crippen LogP) is 9.76. The van der Waals surface area contributed by atoms with Crippen LogP contribution in [0.3, 0.4) is 0 Å². The molecule has 2 heterocycles. The molecule has 226 valence electrons. The van der Waals surface area contributed by atoms with Gasteiger partial charge in [-0.2, -0.15) is 0 Å². The highest BCUT2D eigenvalue weighted by Gasteiger charge is 2.36. The maximum absolute atomic E-state index is 5.21. The minimum atomic E-state index is -0.667. The predicted molar refractivity (Wildman–Crippen MR) is 195 cm³/mol. The maximum Gasteiger partial charge on any atom is 0.159 e. The Morgan fingerprint density at radius 1 is 0.553 bits per heavy atom. The van der Waals surface area contributed by atoms with Crippen LogP contribution in [0.2, 0.25) is 0 Å². The summed E-state index contributed by atoms with van der Waals surface area (Å²) in [6.45, 7) is 6.81. The summed E-state index contributed by atoms with van der Waals surface area (Å²) in [5.41, 5.74) is 11.3. The second-order valence-corrected chi connectivity index (χ2v) is 13.3. The van der Waals surface area contributed by atoms with Crippen molar-refractivity contribution in [3.8, 4) is 16.8 Å². The average molecular weight is 607 g/mol. The normalized spacial score (nSPS) is 17.9. The molecule has 0 radical (unpaired) electrons. The van der Waals surface area contributed by atoms with Crippen LogP contribution in [0.4, 0.5) is 0 Å². The third-order valence-electron chi connectivity index (χ3n) is 10.1. The number of fused-ring (bicyclic) bond motifs is 6. The highest BCUT2D eigenvalue weighted by atomic mass is 15.2. The first-order valence-electron chi connectivity index (χ1n) is 16.3. The first-order chi connectivity index (χ1) is 22.9. The summed E-state index contributed by atoms with van der Waals surface area (Å²) < 4.78 is 2.40. The van der Waals surface area contributed by atoms with E-state index in [2.05, 4.69) is 152 Å². The van der Waals surface area contributed by atoms with Gasteiger partial charge >= 0.3 is 0 Å². The molecule has 0 fully saturated rings.